The minimum atomic E-state index is -0.504. The number of nitrogens with zero attached hydrogens (tertiary/aromatic N) is 2. The highest BCUT2D eigenvalue weighted by atomic mass is 32.2. The van der Waals surface area contributed by atoms with Gasteiger partial charge in [0, 0.05) is 11.9 Å². The first-order valence-electron chi connectivity index (χ1n) is 4.64. The second-order valence-corrected chi connectivity index (χ2v) is 4.50. The van der Waals surface area contributed by atoms with Crippen molar-refractivity contribution in [2.45, 2.75) is 11.7 Å². The number of rotatable bonds is 2. The third-order valence-corrected chi connectivity index (χ3v) is 3.31. The van der Waals surface area contributed by atoms with Gasteiger partial charge in [-0.05, 0) is 0 Å². The fourth-order valence-electron chi connectivity index (χ4n) is 1.39. The van der Waals surface area contributed by atoms with Crippen molar-refractivity contribution in [2.24, 2.45) is 0 Å². The number of aliphatic hydroxyl groups excluding tert-OH is 1. The molecule has 1 fully saturated rings. The second-order valence-electron chi connectivity index (χ2n) is 3.31. The maximum atomic E-state index is 11.5. The first-order chi connectivity index (χ1) is 7.61. The summed E-state index contributed by atoms with van der Waals surface area (Å²) in [6.45, 7) is -0.0895. The molecule has 2 atom stereocenters. The lowest BCUT2D eigenvalue weighted by atomic mass is 10.4. The summed E-state index contributed by atoms with van der Waals surface area (Å²) in [4.78, 5) is 15.1. The lowest BCUT2D eigenvalue weighted by Crippen LogP contribution is -2.29. The number of nitrogens with two attached hydrogens (primary N) is 2. The SMILES string of the molecule is Nc1cn([C@H]2CS[C@@H](CO)O2)c(=O)nc1N. The average molecular weight is 244 g/mol. The highest BCUT2D eigenvalue weighted by Crippen LogP contribution is 2.30. The Labute approximate surface area is 95.4 Å². The van der Waals surface area contributed by atoms with Gasteiger partial charge in [0.1, 0.15) is 11.7 Å². The van der Waals surface area contributed by atoms with Crippen LogP contribution in [0.25, 0.3) is 0 Å². The summed E-state index contributed by atoms with van der Waals surface area (Å²) in [7, 11) is 0. The molecular formula is C8H12N4O3S. The van der Waals surface area contributed by atoms with E-state index in [9.17, 15) is 4.79 Å². The summed E-state index contributed by atoms with van der Waals surface area (Å²) in [6.07, 6.45) is 0.959. The molecule has 0 spiro atoms. The molecule has 1 saturated heterocycles. The number of hydrogen-bond acceptors (Lipinski definition) is 7. The number of hydrogen-bond donors (Lipinski definition) is 3. The Morgan fingerprint density at radius 3 is 3.06 bits per heavy atom. The van der Waals surface area contributed by atoms with E-state index in [2.05, 4.69) is 4.98 Å². The van der Waals surface area contributed by atoms with Crippen LogP contribution in [0.3, 0.4) is 0 Å². The molecule has 0 radical (unpaired) electrons. The Balaban J connectivity index is 2.28. The highest BCUT2D eigenvalue weighted by molar-refractivity contribution is 8.00. The Hall–Kier alpha value is -1.25. The quantitative estimate of drug-likeness (QED) is 0.610. The fraction of sp³-hybridized carbons (Fsp3) is 0.500. The van der Waals surface area contributed by atoms with Crippen molar-refractivity contribution in [3.05, 3.63) is 16.7 Å². The molecular weight excluding hydrogens is 232 g/mol. The fourth-order valence-corrected chi connectivity index (χ4v) is 2.32. The van der Waals surface area contributed by atoms with Gasteiger partial charge >= 0.3 is 5.69 Å². The molecule has 16 heavy (non-hydrogen) atoms. The van der Waals surface area contributed by atoms with Crippen LogP contribution in [0.5, 0.6) is 0 Å². The first-order valence-corrected chi connectivity index (χ1v) is 5.68. The lowest BCUT2D eigenvalue weighted by Gasteiger charge is -2.14. The molecule has 2 rings (SSSR count). The first kappa shape index (κ1) is 11.2. The van der Waals surface area contributed by atoms with Crippen molar-refractivity contribution in [1.29, 1.82) is 0 Å². The Kier molecular flexibility index (Phi) is 3.03. The van der Waals surface area contributed by atoms with E-state index >= 15 is 0 Å². The van der Waals surface area contributed by atoms with Crippen molar-refractivity contribution in [3.63, 3.8) is 0 Å². The molecule has 5 N–H and O–H groups in total. The zero-order valence-corrected chi connectivity index (χ0v) is 9.18. The van der Waals surface area contributed by atoms with Gasteiger partial charge in [-0.1, -0.05) is 0 Å². The van der Waals surface area contributed by atoms with Gasteiger partial charge in [-0.15, -0.1) is 11.8 Å². The van der Waals surface area contributed by atoms with Gasteiger partial charge in [0.2, 0.25) is 0 Å². The standard InChI is InChI=1S/C8H12N4O3S/c9-4-1-12(8(14)11-7(4)10)5-3-16-6(2-13)15-5/h1,5-6,13H,2-3,9H2,(H2,10,11,14)/t5-,6+/m1/s1. The van der Waals surface area contributed by atoms with Gasteiger partial charge in [0.05, 0.1) is 12.3 Å². The van der Waals surface area contributed by atoms with E-state index in [1.165, 1.54) is 22.5 Å². The summed E-state index contributed by atoms with van der Waals surface area (Å²) in [5, 5.41) is 8.91. The third kappa shape index (κ3) is 1.99. The molecule has 8 heteroatoms. The van der Waals surface area contributed by atoms with Crippen LogP contribution in [0.15, 0.2) is 11.0 Å². The molecule has 1 aromatic rings. The smallest absolute Gasteiger partial charge is 0.351 e. The summed E-state index contributed by atoms with van der Waals surface area (Å²) < 4.78 is 6.70. The van der Waals surface area contributed by atoms with Gasteiger partial charge in [-0.3, -0.25) is 4.57 Å². The van der Waals surface area contributed by atoms with Crippen LogP contribution in [-0.4, -0.2) is 32.5 Å². The van der Waals surface area contributed by atoms with E-state index in [0.29, 0.717) is 5.75 Å². The van der Waals surface area contributed by atoms with Gasteiger partial charge in [0.15, 0.2) is 5.82 Å². The van der Waals surface area contributed by atoms with Crippen LogP contribution < -0.4 is 17.2 Å². The summed E-state index contributed by atoms with van der Waals surface area (Å²) >= 11 is 1.43. The minimum absolute atomic E-state index is 0.0191. The van der Waals surface area contributed by atoms with Crippen LogP contribution in [-0.2, 0) is 4.74 Å². The molecule has 0 bridgehead atoms. The number of aliphatic hydroxyl groups is 1. The van der Waals surface area contributed by atoms with Crippen LogP contribution >= 0.6 is 11.8 Å². The molecule has 1 aliphatic rings. The van der Waals surface area contributed by atoms with Gasteiger partial charge < -0.3 is 21.3 Å². The van der Waals surface area contributed by atoms with E-state index in [1.54, 1.807) is 0 Å². The summed E-state index contributed by atoms with van der Waals surface area (Å²) in [6, 6.07) is 0. The maximum absolute atomic E-state index is 11.5. The van der Waals surface area contributed by atoms with E-state index in [-0.39, 0.29) is 23.5 Å². The van der Waals surface area contributed by atoms with E-state index in [1.807, 2.05) is 0 Å². The lowest BCUT2D eigenvalue weighted by molar-refractivity contribution is -0.00619. The zero-order valence-electron chi connectivity index (χ0n) is 8.37. The highest BCUT2D eigenvalue weighted by Gasteiger charge is 2.27. The normalized spacial score (nSPS) is 24.8. The third-order valence-electron chi connectivity index (χ3n) is 2.20. The van der Waals surface area contributed by atoms with Gasteiger partial charge in [0.25, 0.3) is 0 Å². The molecule has 2 heterocycles. The Morgan fingerprint density at radius 1 is 1.69 bits per heavy atom. The summed E-state index contributed by atoms with van der Waals surface area (Å²) in [5.74, 6) is 0.585. The van der Waals surface area contributed by atoms with Crippen molar-refractivity contribution in [2.75, 3.05) is 23.8 Å². The molecule has 7 nitrogen and oxygen atoms in total. The number of nitrogen functional groups attached to an aromatic ring is 2. The Morgan fingerprint density at radius 2 is 2.44 bits per heavy atom. The van der Waals surface area contributed by atoms with Crippen molar-refractivity contribution in [1.82, 2.24) is 9.55 Å². The average Bonchev–Trinajstić information content (AvgIpc) is 2.71. The number of anilines is 2. The van der Waals surface area contributed by atoms with Crippen molar-refractivity contribution < 1.29 is 9.84 Å². The predicted molar refractivity (Wildman–Crippen MR) is 60.8 cm³/mol. The largest absolute Gasteiger partial charge is 0.395 e. The zero-order chi connectivity index (χ0) is 11.7. The minimum Gasteiger partial charge on any atom is -0.395 e. The van der Waals surface area contributed by atoms with Crippen molar-refractivity contribution in [3.8, 4) is 0 Å². The molecule has 0 aromatic carbocycles. The molecule has 1 aromatic heterocycles. The second kappa shape index (κ2) is 4.32. The number of ether oxygens (including phenoxy) is 1. The van der Waals surface area contributed by atoms with E-state index in [0.717, 1.165) is 0 Å². The monoisotopic (exact) mass is 244 g/mol. The topological polar surface area (TPSA) is 116 Å². The predicted octanol–water partition coefficient (Wildman–Crippen LogP) is -1.01. The van der Waals surface area contributed by atoms with Gasteiger partial charge in [-0.2, -0.15) is 4.98 Å². The van der Waals surface area contributed by atoms with Crippen LogP contribution in [0.2, 0.25) is 0 Å². The number of aromatic nitrogens is 2. The summed E-state index contributed by atoms with van der Waals surface area (Å²) in [5.41, 5.74) is 10.4. The molecule has 0 aliphatic carbocycles. The molecule has 1 aliphatic heterocycles. The molecule has 88 valence electrons. The van der Waals surface area contributed by atoms with E-state index < -0.39 is 11.9 Å². The molecule has 0 saturated carbocycles. The Bertz CT molecular complexity index is 449. The van der Waals surface area contributed by atoms with E-state index in [4.69, 9.17) is 21.3 Å². The van der Waals surface area contributed by atoms with Crippen LogP contribution in [0.1, 0.15) is 6.23 Å². The van der Waals surface area contributed by atoms with Gasteiger partial charge in [-0.25, -0.2) is 4.79 Å². The molecule has 0 unspecified atom stereocenters. The molecule has 0 amide bonds. The maximum Gasteiger partial charge on any atom is 0.351 e. The van der Waals surface area contributed by atoms with Crippen LogP contribution in [0.4, 0.5) is 11.5 Å². The number of thioether (sulfide) groups is 1. The van der Waals surface area contributed by atoms with Crippen molar-refractivity contribution >= 4 is 23.3 Å². The van der Waals surface area contributed by atoms with Crippen LogP contribution in [0, 0.1) is 0 Å².